The van der Waals surface area contributed by atoms with Gasteiger partial charge in [0.05, 0.1) is 24.9 Å². The molecule has 0 aliphatic heterocycles. The first-order valence-corrected chi connectivity index (χ1v) is 7.22. The van der Waals surface area contributed by atoms with E-state index < -0.39 is 0 Å². The van der Waals surface area contributed by atoms with Gasteiger partial charge in [-0.3, -0.25) is 9.78 Å². The van der Waals surface area contributed by atoms with E-state index >= 15 is 0 Å². The van der Waals surface area contributed by atoms with Crippen molar-refractivity contribution in [1.29, 1.82) is 0 Å². The number of para-hydroxylation sites is 1. The number of pyridine rings is 1. The lowest BCUT2D eigenvalue weighted by Crippen LogP contribution is -2.30. The summed E-state index contributed by atoms with van der Waals surface area (Å²) in [5, 5.41) is 9.96. The van der Waals surface area contributed by atoms with Gasteiger partial charge in [0.2, 0.25) is 0 Å². The number of phenolic OH excluding ortho intramolecular Hbond substituents is 1. The molecule has 3 aromatic rings. The van der Waals surface area contributed by atoms with Gasteiger partial charge in [0.15, 0.2) is 0 Å². The van der Waals surface area contributed by atoms with Crippen molar-refractivity contribution in [3.05, 3.63) is 84.1 Å². The van der Waals surface area contributed by atoms with Crippen LogP contribution in [-0.2, 0) is 13.1 Å². The van der Waals surface area contributed by atoms with E-state index in [1.807, 2.05) is 12.1 Å². The molecule has 2 heterocycles. The highest BCUT2D eigenvalue weighted by Crippen LogP contribution is 2.20. The Morgan fingerprint density at radius 2 is 1.96 bits per heavy atom. The van der Waals surface area contributed by atoms with E-state index in [4.69, 9.17) is 4.42 Å². The minimum Gasteiger partial charge on any atom is -0.508 e. The highest BCUT2D eigenvalue weighted by Gasteiger charge is 2.19. The molecule has 1 aromatic carbocycles. The van der Waals surface area contributed by atoms with Crippen LogP contribution in [0.3, 0.4) is 0 Å². The molecule has 2 aromatic heterocycles. The van der Waals surface area contributed by atoms with Crippen molar-refractivity contribution < 1.29 is 14.3 Å². The van der Waals surface area contributed by atoms with Crippen LogP contribution in [0.4, 0.5) is 0 Å². The number of carbonyl (C=O) groups excluding carboxylic acids is 1. The maximum Gasteiger partial charge on any atom is 0.256 e. The molecule has 0 saturated carbocycles. The van der Waals surface area contributed by atoms with Gasteiger partial charge in [-0.2, -0.15) is 0 Å². The summed E-state index contributed by atoms with van der Waals surface area (Å²) in [7, 11) is 0. The van der Waals surface area contributed by atoms with Crippen molar-refractivity contribution in [2.45, 2.75) is 13.1 Å². The van der Waals surface area contributed by atoms with Crippen LogP contribution in [0.2, 0.25) is 0 Å². The highest BCUT2D eigenvalue weighted by atomic mass is 16.3. The Kier molecular flexibility index (Phi) is 4.38. The van der Waals surface area contributed by atoms with Crippen molar-refractivity contribution >= 4 is 5.91 Å². The van der Waals surface area contributed by atoms with E-state index in [2.05, 4.69) is 4.98 Å². The first kappa shape index (κ1) is 14.8. The number of phenols is 1. The summed E-state index contributed by atoms with van der Waals surface area (Å²) < 4.78 is 5.35. The van der Waals surface area contributed by atoms with Gasteiger partial charge in [-0.15, -0.1) is 0 Å². The summed E-state index contributed by atoms with van der Waals surface area (Å²) in [4.78, 5) is 18.4. The normalized spacial score (nSPS) is 10.4. The first-order chi connectivity index (χ1) is 11.2. The zero-order valence-corrected chi connectivity index (χ0v) is 12.4. The Morgan fingerprint density at radius 3 is 2.65 bits per heavy atom. The van der Waals surface area contributed by atoms with E-state index in [0.717, 1.165) is 0 Å². The van der Waals surface area contributed by atoms with Crippen molar-refractivity contribution in [2.75, 3.05) is 0 Å². The summed E-state index contributed by atoms with van der Waals surface area (Å²) in [5.74, 6) is 0.673. The number of hydrogen-bond donors (Lipinski definition) is 1. The van der Waals surface area contributed by atoms with Crippen LogP contribution in [0.15, 0.2) is 71.6 Å². The van der Waals surface area contributed by atoms with E-state index in [-0.39, 0.29) is 18.2 Å². The van der Waals surface area contributed by atoms with Crippen LogP contribution in [0.25, 0.3) is 0 Å². The number of furan rings is 1. The van der Waals surface area contributed by atoms with Gasteiger partial charge in [-0.05, 0) is 30.3 Å². The summed E-state index contributed by atoms with van der Waals surface area (Å²) in [6.07, 6.45) is 4.72. The zero-order valence-electron chi connectivity index (χ0n) is 12.4. The molecule has 0 aliphatic carbocycles. The van der Waals surface area contributed by atoms with E-state index in [1.54, 1.807) is 53.8 Å². The molecule has 3 rings (SSSR count). The van der Waals surface area contributed by atoms with Crippen molar-refractivity contribution in [3.63, 3.8) is 0 Å². The Morgan fingerprint density at radius 1 is 1.09 bits per heavy atom. The molecule has 23 heavy (non-hydrogen) atoms. The smallest absolute Gasteiger partial charge is 0.256 e. The zero-order chi connectivity index (χ0) is 16.1. The highest BCUT2D eigenvalue weighted by molar-refractivity contribution is 5.93. The molecule has 116 valence electrons. The number of aromatic nitrogens is 1. The van der Waals surface area contributed by atoms with E-state index in [1.165, 1.54) is 6.20 Å². The molecule has 0 atom stereocenters. The largest absolute Gasteiger partial charge is 0.508 e. The maximum atomic E-state index is 12.7. The predicted octanol–water partition coefficient (Wildman–Crippen LogP) is 3.22. The number of amides is 1. The second-order valence-corrected chi connectivity index (χ2v) is 5.11. The van der Waals surface area contributed by atoms with Crippen LogP contribution in [0.1, 0.15) is 21.7 Å². The molecule has 0 aliphatic rings. The number of benzene rings is 1. The number of carbonyl (C=O) groups is 1. The molecule has 0 radical (unpaired) electrons. The van der Waals surface area contributed by atoms with Crippen LogP contribution in [0, 0.1) is 0 Å². The number of aromatic hydroxyl groups is 1. The fourth-order valence-electron chi connectivity index (χ4n) is 2.31. The van der Waals surface area contributed by atoms with Crippen LogP contribution >= 0.6 is 0 Å². The van der Waals surface area contributed by atoms with Crippen molar-refractivity contribution in [3.8, 4) is 5.75 Å². The van der Waals surface area contributed by atoms with Gasteiger partial charge in [0.25, 0.3) is 5.91 Å². The number of hydrogen-bond acceptors (Lipinski definition) is 4. The molecule has 0 fully saturated rings. The molecule has 0 saturated heterocycles. The second kappa shape index (κ2) is 6.79. The lowest BCUT2D eigenvalue weighted by Gasteiger charge is -2.22. The maximum absolute atomic E-state index is 12.7. The third-order valence-electron chi connectivity index (χ3n) is 3.48. The number of rotatable bonds is 5. The van der Waals surface area contributed by atoms with Crippen LogP contribution < -0.4 is 0 Å². The third kappa shape index (κ3) is 3.58. The van der Waals surface area contributed by atoms with Crippen molar-refractivity contribution in [2.24, 2.45) is 0 Å². The SMILES string of the molecule is O=C(c1cccnc1)N(Cc1ccco1)Cc1ccccc1O. The standard InChI is InChI=1S/C18H16N2O3/c21-17-8-2-1-5-15(17)12-20(13-16-7-4-10-23-16)18(22)14-6-3-9-19-11-14/h1-11,21H,12-13H2. The lowest BCUT2D eigenvalue weighted by molar-refractivity contribution is 0.0716. The van der Waals surface area contributed by atoms with Crippen molar-refractivity contribution in [1.82, 2.24) is 9.88 Å². The Balaban J connectivity index is 1.87. The molecule has 0 spiro atoms. The molecule has 5 nitrogen and oxygen atoms in total. The minimum absolute atomic E-state index is 0.163. The molecule has 0 bridgehead atoms. The molecule has 1 N–H and O–H groups in total. The minimum atomic E-state index is -0.169. The molecular weight excluding hydrogens is 292 g/mol. The quantitative estimate of drug-likeness (QED) is 0.786. The van der Waals surface area contributed by atoms with Gasteiger partial charge in [-0.1, -0.05) is 18.2 Å². The van der Waals surface area contributed by atoms with Crippen LogP contribution in [0.5, 0.6) is 5.75 Å². The topological polar surface area (TPSA) is 66.6 Å². The average molecular weight is 308 g/mol. The Hall–Kier alpha value is -3.08. The predicted molar refractivity (Wildman–Crippen MR) is 84.6 cm³/mol. The molecule has 1 amide bonds. The first-order valence-electron chi connectivity index (χ1n) is 7.22. The Bertz CT molecular complexity index is 770. The van der Waals surface area contributed by atoms with Gasteiger partial charge >= 0.3 is 0 Å². The fourth-order valence-corrected chi connectivity index (χ4v) is 2.31. The fraction of sp³-hybridized carbons (Fsp3) is 0.111. The lowest BCUT2D eigenvalue weighted by atomic mass is 10.1. The summed E-state index contributed by atoms with van der Waals surface area (Å²) in [6, 6.07) is 14.0. The van der Waals surface area contributed by atoms with Gasteiger partial charge in [0, 0.05) is 18.0 Å². The van der Waals surface area contributed by atoms with Gasteiger partial charge in [0.1, 0.15) is 11.5 Å². The summed E-state index contributed by atoms with van der Waals surface area (Å²) in [6.45, 7) is 0.593. The van der Waals surface area contributed by atoms with Gasteiger partial charge in [-0.25, -0.2) is 0 Å². The monoisotopic (exact) mass is 308 g/mol. The van der Waals surface area contributed by atoms with E-state index in [0.29, 0.717) is 23.4 Å². The van der Waals surface area contributed by atoms with E-state index in [9.17, 15) is 9.90 Å². The summed E-state index contributed by atoms with van der Waals surface area (Å²) in [5.41, 5.74) is 1.17. The number of nitrogens with zero attached hydrogens (tertiary/aromatic N) is 2. The van der Waals surface area contributed by atoms with Crippen LogP contribution in [-0.4, -0.2) is 20.9 Å². The Labute approximate surface area is 133 Å². The summed E-state index contributed by atoms with van der Waals surface area (Å²) >= 11 is 0. The van der Waals surface area contributed by atoms with Gasteiger partial charge < -0.3 is 14.4 Å². The molecule has 0 unspecified atom stereocenters. The second-order valence-electron chi connectivity index (χ2n) is 5.11. The molecule has 5 heteroatoms. The molecular formula is C18H16N2O3. The third-order valence-corrected chi connectivity index (χ3v) is 3.48. The average Bonchev–Trinajstić information content (AvgIpc) is 3.09.